The van der Waals surface area contributed by atoms with E-state index < -0.39 is 22.1 Å². The fraction of sp³-hybridized carbons (Fsp3) is 0.0909. The molecule has 5 nitrogen and oxygen atoms in total. The van der Waals surface area contributed by atoms with Crippen molar-refractivity contribution < 1.29 is 26.3 Å². The second-order valence-electron chi connectivity index (χ2n) is 3.88. The molecule has 21 heavy (non-hydrogen) atoms. The van der Waals surface area contributed by atoms with Crippen LogP contribution in [0.2, 0.25) is 0 Å². The van der Waals surface area contributed by atoms with E-state index in [0.29, 0.717) is 5.69 Å². The summed E-state index contributed by atoms with van der Waals surface area (Å²) in [5.74, 6) is -0.439. The van der Waals surface area contributed by atoms with E-state index in [0.717, 1.165) is 35.6 Å². The molecule has 0 unspecified atom stereocenters. The van der Waals surface area contributed by atoms with Crippen molar-refractivity contribution in [1.29, 1.82) is 0 Å². The van der Waals surface area contributed by atoms with Gasteiger partial charge in [0.15, 0.2) is 0 Å². The molecule has 0 aliphatic carbocycles. The van der Waals surface area contributed by atoms with Crippen LogP contribution in [0.3, 0.4) is 0 Å². The topological polar surface area (TPSA) is 81.4 Å². The highest BCUT2D eigenvalue weighted by molar-refractivity contribution is 7.94. The maximum atomic E-state index is 12.0. The van der Waals surface area contributed by atoms with E-state index in [4.69, 9.17) is 5.73 Å². The number of halogens is 3. The molecule has 0 spiro atoms. The van der Waals surface area contributed by atoms with E-state index >= 15 is 0 Å². The minimum Gasteiger partial charge on any atom is -0.406 e. The highest BCUT2D eigenvalue weighted by atomic mass is 32.2. The Balaban J connectivity index is 2.13. The van der Waals surface area contributed by atoms with Gasteiger partial charge in [-0.05, 0) is 30.3 Å². The van der Waals surface area contributed by atoms with Crippen LogP contribution in [0.25, 0.3) is 0 Å². The van der Waals surface area contributed by atoms with E-state index in [2.05, 4.69) is 9.46 Å². The Bertz CT molecular complexity index is 724. The lowest BCUT2D eigenvalue weighted by molar-refractivity contribution is -0.274. The van der Waals surface area contributed by atoms with Crippen LogP contribution in [0.15, 0.2) is 39.9 Å². The Kier molecular flexibility index (Phi) is 4.01. The van der Waals surface area contributed by atoms with Crippen molar-refractivity contribution in [2.75, 3.05) is 10.5 Å². The number of thiophene rings is 1. The molecule has 1 aromatic carbocycles. The molecule has 3 N–H and O–H groups in total. The second-order valence-corrected chi connectivity index (χ2v) is 6.70. The maximum Gasteiger partial charge on any atom is 0.573 e. The van der Waals surface area contributed by atoms with Crippen LogP contribution in [-0.2, 0) is 10.0 Å². The van der Waals surface area contributed by atoms with Gasteiger partial charge in [0.25, 0.3) is 10.0 Å². The normalized spacial score (nSPS) is 12.1. The van der Waals surface area contributed by atoms with E-state index in [-0.39, 0.29) is 9.90 Å². The molecule has 0 atom stereocenters. The van der Waals surface area contributed by atoms with Crippen molar-refractivity contribution >= 4 is 32.7 Å². The molecule has 114 valence electrons. The van der Waals surface area contributed by atoms with Crippen LogP contribution < -0.4 is 15.2 Å². The number of nitrogen functional groups attached to an aromatic ring is 1. The largest absolute Gasteiger partial charge is 0.573 e. The van der Waals surface area contributed by atoms with Crippen molar-refractivity contribution in [3.63, 3.8) is 0 Å². The fourth-order valence-electron chi connectivity index (χ4n) is 1.40. The van der Waals surface area contributed by atoms with Crippen LogP contribution in [0.5, 0.6) is 5.75 Å². The summed E-state index contributed by atoms with van der Waals surface area (Å²) in [6, 6.07) is 5.63. The Morgan fingerprint density at radius 1 is 1.19 bits per heavy atom. The number of ether oxygens (including phenoxy) is 1. The van der Waals surface area contributed by atoms with Gasteiger partial charge in [-0.25, -0.2) is 8.42 Å². The molecule has 10 heteroatoms. The fourth-order valence-corrected chi connectivity index (χ4v) is 3.54. The molecule has 0 bridgehead atoms. The summed E-state index contributed by atoms with van der Waals surface area (Å²) >= 11 is 0.938. The number of anilines is 2. The zero-order chi connectivity index (χ0) is 15.7. The number of benzene rings is 1. The predicted octanol–water partition coefficient (Wildman–Crippen LogP) is 3.03. The van der Waals surface area contributed by atoms with Crippen LogP contribution in [0, 0.1) is 0 Å². The van der Waals surface area contributed by atoms with Gasteiger partial charge >= 0.3 is 6.36 Å². The molecule has 2 aromatic rings. The number of hydrogen-bond donors (Lipinski definition) is 2. The van der Waals surface area contributed by atoms with Gasteiger partial charge in [-0.2, -0.15) is 0 Å². The van der Waals surface area contributed by atoms with Crippen LogP contribution >= 0.6 is 11.3 Å². The number of nitrogens with one attached hydrogen (secondary N) is 1. The van der Waals surface area contributed by atoms with Crippen molar-refractivity contribution in [3.8, 4) is 5.75 Å². The van der Waals surface area contributed by atoms with Gasteiger partial charge < -0.3 is 10.5 Å². The summed E-state index contributed by atoms with van der Waals surface area (Å²) in [4.78, 5) is 0. The molecular formula is C11H9F3N2O3S2. The zero-order valence-corrected chi connectivity index (χ0v) is 11.8. The van der Waals surface area contributed by atoms with E-state index in [1.165, 1.54) is 11.4 Å². The Labute approximate surface area is 122 Å². The first-order chi connectivity index (χ1) is 9.66. The van der Waals surface area contributed by atoms with Crippen molar-refractivity contribution in [2.24, 2.45) is 0 Å². The Morgan fingerprint density at radius 2 is 1.81 bits per heavy atom. The monoisotopic (exact) mass is 338 g/mol. The molecule has 1 heterocycles. The van der Waals surface area contributed by atoms with Gasteiger partial charge in [0.2, 0.25) is 0 Å². The molecule has 0 aliphatic rings. The number of sulfonamides is 1. The number of rotatable bonds is 4. The highest BCUT2D eigenvalue weighted by Crippen LogP contribution is 2.27. The first kappa shape index (κ1) is 15.4. The van der Waals surface area contributed by atoms with Crippen LogP contribution in [-0.4, -0.2) is 14.8 Å². The summed E-state index contributed by atoms with van der Waals surface area (Å²) in [6.07, 6.45) is -4.80. The first-order valence-corrected chi connectivity index (χ1v) is 7.75. The molecule has 0 aliphatic heterocycles. The standard InChI is InChI=1S/C11H9F3N2O3S2/c12-11(13,14)19-9-3-1-8(2-4-9)16-21(17,18)10-5-7(15)6-20-10/h1-6,16H,15H2. The van der Waals surface area contributed by atoms with Gasteiger partial charge in [0, 0.05) is 16.8 Å². The van der Waals surface area contributed by atoms with Crippen molar-refractivity contribution in [1.82, 2.24) is 0 Å². The van der Waals surface area contributed by atoms with Crippen LogP contribution in [0.4, 0.5) is 24.5 Å². The number of hydrogen-bond acceptors (Lipinski definition) is 5. The minimum absolute atomic E-state index is 0.00983. The lowest BCUT2D eigenvalue weighted by Gasteiger charge is -2.10. The smallest absolute Gasteiger partial charge is 0.406 e. The minimum atomic E-state index is -4.80. The molecule has 0 radical (unpaired) electrons. The quantitative estimate of drug-likeness (QED) is 0.898. The van der Waals surface area contributed by atoms with Crippen LogP contribution in [0.1, 0.15) is 0 Å². The lowest BCUT2D eigenvalue weighted by atomic mass is 10.3. The maximum absolute atomic E-state index is 12.0. The molecule has 2 rings (SSSR count). The van der Waals surface area contributed by atoms with Gasteiger partial charge in [0.1, 0.15) is 9.96 Å². The van der Waals surface area contributed by atoms with Gasteiger partial charge in [-0.3, -0.25) is 4.72 Å². The average Bonchev–Trinajstić information content (AvgIpc) is 2.77. The molecule has 0 saturated heterocycles. The summed E-state index contributed by atoms with van der Waals surface area (Å²) in [5, 5.41) is 1.47. The third kappa shape index (κ3) is 4.26. The van der Waals surface area contributed by atoms with Gasteiger partial charge in [-0.15, -0.1) is 24.5 Å². The average molecular weight is 338 g/mol. The molecule has 0 saturated carbocycles. The SMILES string of the molecule is Nc1csc(S(=O)(=O)Nc2ccc(OC(F)(F)F)cc2)c1. The van der Waals surface area contributed by atoms with Crippen molar-refractivity contribution in [2.45, 2.75) is 10.6 Å². The summed E-state index contributed by atoms with van der Waals surface area (Å²) in [6.45, 7) is 0. The molecule has 0 fully saturated rings. The predicted molar refractivity (Wildman–Crippen MR) is 72.7 cm³/mol. The molecular weight excluding hydrogens is 329 g/mol. The van der Waals surface area contributed by atoms with Gasteiger partial charge in [0.05, 0.1) is 0 Å². The number of alkyl halides is 3. The number of nitrogens with two attached hydrogens (primary N) is 1. The Morgan fingerprint density at radius 3 is 2.29 bits per heavy atom. The third-order valence-electron chi connectivity index (χ3n) is 2.20. The van der Waals surface area contributed by atoms with Gasteiger partial charge in [-0.1, -0.05) is 0 Å². The molecule has 1 aromatic heterocycles. The van der Waals surface area contributed by atoms with Crippen molar-refractivity contribution in [3.05, 3.63) is 35.7 Å². The second kappa shape index (κ2) is 5.45. The summed E-state index contributed by atoms with van der Waals surface area (Å²) < 4.78 is 65.8. The summed E-state index contributed by atoms with van der Waals surface area (Å²) in [5.41, 5.74) is 5.86. The highest BCUT2D eigenvalue weighted by Gasteiger charge is 2.31. The van der Waals surface area contributed by atoms with E-state index in [9.17, 15) is 21.6 Å². The first-order valence-electron chi connectivity index (χ1n) is 5.38. The summed E-state index contributed by atoms with van der Waals surface area (Å²) in [7, 11) is -3.81. The van der Waals surface area contributed by atoms with E-state index in [1.54, 1.807) is 0 Å². The third-order valence-corrected chi connectivity index (χ3v) is 5.04. The molecule has 0 amide bonds. The van der Waals surface area contributed by atoms with E-state index in [1.807, 2.05) is 0 Å². The lowest BCUT2D eigenvalue weighted by Crippen LogP contribution is -2.17. The zero-order valence-electron chi connectivity index (χ0n) is 10.2. The Hall–Kier alpha value is -1.94.